The maximum Gasteiger partial charge on any atom is 0.343 e. The lowest BCUT2D eigenvalue weighted by Gasteiger charge is -2.09. The number of benzene rings is 3. The fourth-order valence-electron chi connectivity index (χ4n) is 3.88. The molecule has 0 aliphatic heterocycles. The minimum Gasteiger partial charge on any atom is -0.494 e. The van der Waals surface area contributed by atoms with Crippen LogP contribution in [0.25, 0.3) is 0 Å². The monoisotopic (exact) mass is 513 g/mol. The van der Waals surface area contributed by atoms with E-state index in [1.54, 1.807) is 36.4 Å². The molecular formula is C32H35NO5. The largest absolute Gasteiger partial charge is 0.494 e. The van der Waals surface area contributed by atoms with E-state index in [1.165, 1.54) is 37.1 Å². The molecule has 3 rings (SSSR count). The second-order valence-corrected chi connectivity index (χ2v) is 9.14. The molecule has 0 amide bonds. The predicted octanol–water partition coefficient (Wildman–Crippen LogP) is 7.69. The summed E-state index contributed by atoms with van der Waals surface area (Å²) in [6.07, 6.45) is 8.72. The number of carbonyl (C=O) groups is 2. The molecule has 0 spiro atoms. The number of nitrogens with zero attached hydrogens (tertiary/aromatic N) is 1. The van der Waals surface area contributed by atoms with Crippen LogP contribution >= 0.6 is 0 Å². The van der Waals surface area contributed by atoms with Crippen molar-refractivity contribution in [2.75, 3.05) is 6.61 Å². The van der Waals surface area contributed by atoms with Gasteiger partial charge in [0.25, 0.3) is 0 Å². The first-order valence-corrected chi connectivity index (χ1v) is 13.3. The third-order valence-electron chi connectivity index (χ3n) is 6.09. The summed E-state index contributed by atoms with van der Waals surface area (Å²) >= 11 is 0. The Bertz CT molecular complexity index is 1230. The van der Waals surface area contributed by atoms with Gasteiger partial charge in [0.05, 0.1) is 23.3 Å². The van der Waals surface area contributed by atoms with Gasteiger partial charge >= 0.3 is 11.9 Å². The molecule has 0 fully saturated rings. The Hall–Kier alpha value is -4.11. The van der Waals surface area contributed by atoms with Gasteiger partial charge in [-0.05, 0) is 85.5 Å². The number of carbonyl (C=O) groups excluding carboxylic acids is 2. The highest BCUT2D eigenvalue weighted by Crippen LogP contribution is 2.23. The van der Waals surface area contributed by atoms with Crippen molar-refractivity contribution >= 4 is 11.9 Å². The van der Waals surface area contributed by atoms with Crippen LogP contribution in [-0.4, -0.2) is 18.5 Å². The van der Waals surface area contributed by atoms with Gasteiger partial charge in [-0.3, -0.25) is 0 Å². The SMILES string of the molecule is CCCCCCOc1ccc(C(=O)Oc2ccc(C(=O)Oc3ccc(CCCCC)cc3C#N)cc2)cc1. The Morgan fingerprint density at radius 1 is 0.711 bits per heavy atom. The summed E-state index contributed by atoms with van der Waals surface area (Å²) in [5.41, 5.74) is 2.05. The summed E-state index contributed by atoms with van der Waals surface area (Å²) in [7, 11) is 0. The third kappa shape index (κ3) is 8.77. The Balaban J connectivity index is 1.53. The van der Waals surface area contributed by atoms with Gasteiger partial charge in [-0.1, -0.05) is 52.0 Å². The van der Waals surface area contributed by atoms with Crippen LogP contribution in [0, 0.1) is 11.3 Å². The Morgan fingerprint density at radius 2 is 1.32 bits per heavy atom. The van der Waals surface area contributed by atoms with Crippen LogP contribution in [0.2, 0.25) is 0 Å². The van der Waals surface area contributed by atoms with Crippen LogP contribution in [0.4, 0.5) is 0 Å². The van der Waals surface area contributed by atoms with E-state index in [9.17, 15) is 14.9 Å². The third-order valence-corrected chi connectivity index (χ3v) is 6.09. The minimum atomic E-state index is -0.594. The van der Waals surface area contributed by atoms with Gasteiger partial charge in [0.2, 0.25) is 0 Å². The van der Waals surface area contributed by atoms with E-state index in [4.69, 9.17) is 14.2 Å². The number of unbranched alkanes of at least 4 members (excludes halogenated alkanes) is 5. The average Bonchev–Trinajstić information content (AvgIpc) is 2.94. The van der Waals surface area contributed by atoms with Crippen LogP contribution < -0.4 is 14.2 Å². The molecule has 0 aliphatic carbocycles. The van der Waals surface area contributed by atoms with E-state index in [2.05, 4.69) is 19.9 Å². The molecule has 0 heterocycles. The van der Waals surface area contributed by atoms with Crippen LogP contribution in [0.1, 0.15) is 90.6 Å². The van der Waals surface area contributed by atoms with Crippen LogP contribution in [0.15, 0.2) is 66.7 Å². The molecular weight excluding hydrogens is 478 g/mol. The first-order chi connectivity index (χ1) is 18.5. The summed E-state index contributed by atoms with van der Waals surface area (Å²) in [5, 5.41) is 9.50. The van der Waals surface area contributed by atoms with E-state index in [1.807, 2.05) is 6.07 Å². The molecule has 0 radical (unpaired) electrons. The molecule has 0 aromatic heterocycles. The van der Waals surface area contributed by atoms with Gasteiger partial charge in [-0.2, -0.15) is 5.26 Å². The highest BCUT2D eigenvalue weighted by atomic mass is 16.5. The molecule has 0 saturated carbocycles. The van der Waals surface area contributed by atoms with Crippen molar-refractivity contribution in [2.24, 2.45) is 0 Å². The number of aryl methyl sites for hydroxylation is 1. The van der Waals surface area contributed by atoms with Crippen molar-refractivity contribution in [2.45, 2.75) is 65.2 Å². The van der Waals surface area contributed by atoms with Crippen molar-refractivity contribution in [3.05, 3.63) is 89.0 Å². The molecule has 6 nitrogen and oxygen atoms in total. The average molecular weight is 514 g/mol. The molecule has 0 unspecified atom stereocenters. The lowest BCUT2D eigenvalue weighted by molar-refractivity contribution is 0.0730. The second-order valence-electron chi connectivity index (χ2n) is 9.14. The number of rotatable bonds is 14. The molecule has 0 saturated heterocycles. The molecule has 0 atom stereocenters. The van der Waals surface area contributed by atoms with E-state index < -0.39 is 11.9 Å². The molecule has 38 heavy (non-hydrogen) atoms. The zero-order valence-electron chi connectivity index (χ0n) is 22.2. The minimum absolute atomic E-state index is 0.223. The van der Waals surface area contributed by atoms with Crippen molar-refractivity contribution in [3.63, 3.8) is 0 Å². The van der Waals surface area contributed by atoms with Crippen molar-refractivity contribution in [3.8, 4) is 23.3 Å². The molecule has 0 aliphatic rings. The number of esters is 2. The molecule has 198 valence electrons. The maximum atomic E-state index is 12.6. The predicted molar refractivity (Wildman–Crippen MR) is 147 cm³/mol. The van der Waals surface area contributed by atoms with Gasteiger partial charge in [-0.25, -0.2) is 9.59 Å². The lowest BCUT2D eigenvalue weighted by atomic mass is 10.0. The highest BCUT2D eigenvalue weighted by Gasteiger charge is 2.14. The van der Waals surface area contributed by atoms with Gasteiger partial charge < -0.3 is 14.2 Å². The van der Waals surface area contributed by atoms with Crippen molar-refractivity contribution < 1.29 is 23.8 Å². The molecule has 3 aromatic rings. The molecule has 0 N–H and O–H groups in total. The number of hydrogen-bond donors (Lipinski definition) is 0. The van der Waals surface area contributed by atoms with Gasteiger partial charge in [0.1, 0.15) is 23.3 Å². The number of ether oxygens (including phenoxy) is 3. The van der Waals surface area contributed by atoms with E-state index in [0.717, 1.165) is 44.1 Å². The molecule has 3 aromatic carbocycles. The van der Waals surface area contributed by atoms with Gasteiger partial charge in [0, 0.05) is 0 Å². The summed E-state index contributed by atoms with van der Waals surface area (Å²) < 4.78 is 16.6. The standard InChI is InChI=1S/C32H35NO5/c1-3-5-7-9-21-36-28-16-12-25(13-17-28)31(34)37-29-18-14-26(15-19-29)32(35)38-30-20-11-24(10-8-6-4-2)22-27(30)23-33/h11-20,22H,3-10,21H2,1-2H3. The normalized spacial score (nSPS) is 10.4. The second kappa shape index (κ2) is 15.2. The van der Waals surface area contributed by atoms with E-state index in [-0.39, 0.29) is 11.3 Å². The highest BCUT2D eigenvalue weighted by molar-refractivity contribution is 5.93. The first-order valence-electron chi connectivity index (χ1n) is 13.3. The van der Waals surface area contributed by atoms with Crippen LogP contribution in [-0.2, 0) is 6.42 Å². The zero-order chi connectivity index (χ0) is 27.2. The topological polar surface area (TPSA) is 85.6 Å². The van der Waals surface area contributed by atoms with Crippen molar-refractivity contribution in [1.29, 1.82) is 5.26 Å². The fourth-order valence-corrected chi connectivity index (χ4v) is 3.88. The van der Waals surface area contributed by atoms with Crippen molar-refractivity contribution in [1.82, 2.24) is 0 Å². The molecule has 0 bridgehead atoms. The summed E-state index contributed by atoms with van der Waals surface area (Å²) in [4.78, 5) is 25.2. The summed E-state index contributed by atoms with van der Waals surface area (Å²) in [6, 6.07) is 20.4. The quantitative estimate of drug-likeness (QED) is 0.125. The smallest absolute Gasteiger partial charge is 0.343 e. The van der Waals surface area contributed by atoms with E-state index >= 15 is 0 Å². The lowest BCUT2D eigenvalue weighted by Crippen LogP contribution is -2.11. The molecule has 6 heteroatoms. The Labute approximate surface area is 225 Å². The number of hydrogen-bond acceptors (Lipinski definition) is 6. The maximum absolute atomic E-state index is 12.6. The van der Waals surface area contributed by atoms with Crippen LogP contribution in [0.5, 0.6) is 17.2 Å². The zero-order valence-corrected chi connectivity index (χ0v) is 22.2. The number of nitriles is 1. The first kappa shape index (κ1) is 28.5. The van der Waals surface area contributed by atoms with Crippen LogP contribution in [0.3, 0.4) is 0 Å². The Morgan fingerprint density at radius 3 is 1.95 bits per heavy atom. The van der Waals surface area contributed by atoms with E-state index in [0.29, 0.717) is 29.2 Å². The van der Waals surface area contributed by atoms with Gasteiger partial charge in [0.15, 0.2) is 0 Å². The Kier molecular flexibility index (Phi) is 11.4. The summed E-state index contributed by atoms with van der Waals surface area (Å²) in [6.45, 7) is 4.97. The van der Waals surface area contributed by atoms with Gasteiger partial charge in [-0.15, -0.1) is 0 Å². The summed E-state index contributed by atoms with van der Waals surface area (Å²) in [5.74, 6) is 0.139. The fraction of sp³-hybridized carbons (Fsp3) is 0.344.